The van der Waals surface area contributed by atoms with Crippen molar-refractivity contribution in [1.82, 2.24) is 9.55 Å². The van der Waals surface area contributed by atoms with E-state index in [1.54, 1.807) is 0 Å². The largest absolute Gasteiger partial charge is 0.370 e. The molecular formula is C19H27N5. The number of unbranched alkanes of at least 4 members (excludes halogenated alkanes) is 1. The summed E-state index contributed by atoms with van der Waals surface area (Å²) in [7, 11) is 0. The maximum atomic E-state index is 6.06. The van der Waals surface area contributed by atoms with Crippen molar-refractivity contribution in [3.8, 4) is 0 Å². The molecule has 1 heterocycles. The van der Waals surface area contributed by atoms with Crippen LogP contribution >= 0.6 is 0 Å². The highest BCUT2D eigenvalue weighted by Gasteiger charge is 2.12. The Balaban J connectivity index is 1.47. The summed E-state index contributed by atoms with van der Waals surface area (Å²) in [5.74, 6) is 1.58. The minimum Gasteiger partial charge on any atom is -0.370 e. The average Bonchev–Trinajstić information content (AvgIpc) is 3.00. The molecular weight excluding hydrogens is 298 g/mol. The molecule has 2 aromatic rings. The summed E-state index contributed by atoms with van der Waals surface area (Å²) in [6.45, 7) is 3.77. The molecule has 0 spiro atoms. The number of anilines is 1. The molecule has 0 aliphatic heterocycles. The summed E-state index contributed by atoms with van der Waals surface area (Å²) in [6.07, 6.45) is 10.8. The van der Waals surface area contributed by atoms with Gasteiger partial charge in [0.1, 0.15) is 5.82 Å². The Morgan fingerprint density at radius 3 is 3.00 bits per heavy atom. The maximum Gasteiger partial charge on any atom is 0.193 e. The van der Waals surface area contributed by atoms with Crippen LogP contribution in [0.25, 0.3) is 0 Å². The van der Waals surface area contributed by atoms with Crippen molar-refractivity contribution >= 4 is 11.6 Å². The summed E-state index contributed by atoms with van der Waals surface area (Å²) in [4.78, 5) is 8.70. The molecule has 0 saturated heterocycles. The van der Waals surface area contributed by atoms with Crippen molar-refractivity contribution in [3.63, 3.8) is 0 Å². The van der Waals surface area contributed by atoms with Gasteiger partial charge in [-0.05, 0) is 62.6 Å². The van der Waals surface area contributed by atoms with Gasteiger partial charge >= 0.3 is 0 Å². The van der Waals surface area contributed by atoms with E-state index in [2.05, 4.69) is 38.1 Å². The number of nitrogens with two attached hydrogens (primary N) is 1. The fraction of sp³-hybridized carbons (Fsp3) is 0.474. The van der Waals surface area contributed by atoms with E-state index in [1.165, 1.54) is 30.4 Å². The molecule has 5 heteroatoms. The van der Waals surface area contributed by atoms with Crippen LogP contribution in [-0.4, -0.2) is 22.1 Å². The second kappa shape index (κ2) is 7.99. The molecule has 0 atom stereocenters. The summed E-state index contributed by atoms with van der Waals surface area (Å²) in [5, 5.41) is 3.30. The van der Waals surface area contributed by atoms with E-state index in [4.69, 9.17) is 5.73 Å². The third-order valence-corrected chi connectivity index (χ3v) is 4.67. The van der Waals surface area contributed by atoms with Gasteiger partial charge in [0.2, 0.25) is 0 Å². The number of hydrogen-bond acceptors (Lipinski definition) is 2. The molecule has 0 amide bonds. The molecule has 1 aliphatic rings. The number of imidazole rings is 1. The van der Waals surface area contributed by atoms with E-state index in [-0.39, 0.29) is 0 Å². The van der Waals surface area contributed by atoms with Gasteiger partial charge in [-0.15, -0.1) is 0 Å². The summed E-state index contributed by atoms with van der Waals surface area (Å²) < 4.78 is 2.17. The molecule has 0 bridgehead atoms. The summed E-state index contributed by atoms with van der Waals surface area (Å²) >= 11 is 0. The molecule has 128 valence electrons. The number of guanidine groups is 1. The van der Waals surface area contributed by atoms with E-state index < -0.39 is 0 Å². The quantitative estimate of drug-likeness (QED) is 0.486. The van der Waals surface area contributed by atoms with Gasteiger partial charge < -0.3 is 15.6 Å². The first-order valence-corrected chi connectivity index (χ1v) is 8.89. The Bertz CT molecular complexity index is 702. The predicted molar refractivity (Wildman–Crippen MR) is 99.4 cm³/mol. The van der Waals surface area contributed by atoms with Gasteiger partial charge in [-0.3, -0.25) is 4.99 Å². The van der Waals surface area contributed by atoms with Crippen LogP contribution in [0.3, 0.4) is 0 Å². The molecule has 3 N–H and O–H groups in total. The number of rotatable bonds is 6. The van der Waals surface area contributed by atoms with E-state index in [0.717, 1.165) is 43.9 Å². The van der Waals surface area contributed by atoms with Crippen molar-refractivity contribution < 1.29 is 0 Å². The maximum absolute atomic E-state index is 6.06. The third kappa shape index (κ3) is 4.16. The van der Waals surface area contributed by atoms with Crippen LogP contribution in [0.5, 0.6) is 0 Å². The summed E-state index contributed by atoms with van der Waals surface area (Å²) in [5.41, 5.74) is 10.1. The molecule has 1 aromatic carbocycles. The van der Waals surface area contributed by atoms with Crippen molar-refractivity contribution in [2.45, 2.75) is 52.0 Å². The van der Waals surface area contributed by atoms with Gasteiger partial charge in [0.15, 0.2) is 5.96 Å². The van der Waals surface area contributed by atoms with Gasteiger partial charge in [0.25, 0.3) is 0 Å². The van der Waals surface area contributed by atoms with Crippen molar-refractivity contribution in [2.75, 3.05) is 11.9 Å². The normalized spacial score (nSPS) is 14.5. The van der Waals surface area contributed by atoms with Crippen LogP contribution in [0.4, 0.5) is 5.69 Å². The highest BCUT2D eigenvalue weighted by Crippen LogP contribution is 2.27. The fourth-order valence-corrected chi connectivity index (χ4v) is 3.31. The van der Waals surface area contributed by atoms with Crippen LogP contribution in [0, 0.1) is 6.92 Å². The molecule has 0 saturated carbocycles. The third-order valence-electron chi connectivity index (χ3n) is 4.67. The topological polar surface area (TPSA) is 68.2 Å². The van der Waals surface area contributed by atoms with Gasteiger partial charge in [0.05, 0.1) is 0 Å². The zero-order chi connectivity index (χ0) is 16.8. The molecule has 3 rings (SSSR count). The van der Waals surface area contributed by atoms with E-state index in [1.807, 2.05) is 19.3 Å². The minimum atomic E-state index is 0.521. The fourth-order valence-electron chi connectivity index (χ4n) is 3.31. The lowest BCUT2D eigenvalue weighted by Gasteiger charge is -2.19. The molecule has 1 aliphatic carbocycles. The molecule has 5 nitrogen and oxygen atoms in total. The van der Waals surface area contributed by atoms with Crippen LogP contribution in [0.2, 0.25) is 0 Å². The Morgan fingerprint density at radius 2 is 2.17 bits per heavy atom. The monoisotopic (exact) mass is 325 g/mol. The zero-order valence-electron chi connectivity index (χ0n) is 14.5. The Labute approximate surface area is 144 Å². The lowest BCUT2D eigenvalue weighted by Crippen LogP contribution is -2.24. The van der Waals surface area contributed by atoms with Crippen LogP contribution in [0.1, 0.15) is 42.6 Å². The SMILES string of the molecule is Cc1nccn1CCCCN=C(N)Nc1cccc2c1CCCC2. The van der Waals surface area contributed by atoms with E-state index in [0.29, 0.717) is 5.96 Å². The summed E-state index contributed by atoms with van der Waals surface area (Å²) in [6, 6.07) is 6.44. The molecule has 24 heavy (non-hydrogen) atoms. The molecule has 0 radical (unpaired) electrons. The van der Waals surface area contributed by atoms with Crippen molar-refractivity contribution in [2.24, 2.45) is 10.7 Å². The molecule has 0 fully saturated rings. The van der Waals surface area contributed by atoms with E-state index >= 15 is 0 Å². The number of fused-ring (bicyclic) bond motifs is 1. The molecule has 1 aromatic heterocycles. The predicted octanol–water partition coefficient (Wildman–Crippen LogP) is 3.28. The zero-order valence-corrected chi connectivity index (χ0v) is 14.5. The lowest BCUT2D eigenvalue weighted by molar-refractivity contribution is 0.602. The smallest absolute Gasteiger partial charge is 0.193 e. The number of aromatic nitrogens is 2. The second-order valence-electron chi connectivity index (χ2n) is 6.42. The first kappa shape index (κ1) is 16.6. The van der Waals surface area contributed by atoms with Gasteiger partial charge in [-0.2, -0.15) is 0 Å². The van der Waals surface area contributed by atoms with Crippen molar-refractivity contribution in [1.29, 1.82) is 0 Å². The van der Waals surface area contributed by atoms with Gasteiger partial charge in [0, 0.05) is 31.2 Å². The van der Waals surface area contributed by atoms with Gasteiger partial charge in [-0.25, -0.2) is 4.98 Å². The number of aliphatic imine (C=N–C) groups is 1. The number of aryl methyl sites for hydroxylation is 3. The minimum absolute atomic E-state index is 0.521. The Kier molecular flexibility index (Phi) is 5.51. The van der Waals surface area contributed by atoms with Crippen LogP contribution in [-0.2, 0) is 19.4 Å². The lowest BCUT2D eigenvalue weighted by atomic mass is 9.90. The average molecular weight is 325 g/mol. The second-order valence-corrected chi connectivity index (χ2v) is 6.42. The van der Waals surface area contributed by atoms with Crippen LogP contribution in [0.15, 0.2) is 35.6 Å². The van der Waals surface area contributed by atoms with Crippen LogP contribution < -0.4 is 11.1 Å². The first-order chi connectivity index (χ1) is 11.7. The number of nitrogens with one attached hydrogen (secondary N) is 1. The van der Waals surface area contributed by atoms with E-state index in [9.17, 15) is 0 Å². The molecule has 0 unspecified atom stereocenters. The number of nitrogens with zero attached hydrogens (tertiary/aromatic N) is 3. The standard InChI is InChI=1S/C19H27N5/c1-15-21-12-14-24(15)13-5-4-11-22-19(20)23-18-10-6-8-16-7-2-3-9-17(16)18/h6,8,10,12,14H,2-5,7,9,11,13H2,1H3,(H3,20,22,23). The Morgan fingerprint density at radius 1 is 1.29 bits per heavy atom. The first-order valence-electron chi connectivity index (χ1n) is 8.89. The van der Waals surface area contributed by atoms with Crippen molar-refractivity contribution in [3.05, 3.63) is 47.5 Å². The highest BCUT2D eigenvalue weighted by atomic mass is 15.1. The number of benzene rings is 1. The van der Waals surface area contributed by atoms with Gasteiger partial charge in [-0.1, -0.05) is 12.1 Å². The Hall–Kier alpha value is -2.30. The highest BCUT2D eigenvalue weighted by molar-refractivity contribution is 5.93. The number of hydrogen-bond donors (Lipinski definition) is 2.